The van der Waals surface area contributed by atoms with E-state index in [1.807, 2.05) is 29.9 Å². The molecule has 0 aromatic carbocycles. The lowest BCUT2D eigenvalue weighted by Gasteiger charge is -2.11. The molecule has 2 heterocycles. The zero-order chi connectivity index (χ0) is 12.4. The number of aromatic nitrogens is 3. The van der Waals surface area contributed by atoms with E-state index in [1.54, 1.807) is 6.20 Å². The maximum absolute atomic E-state index is 5.74. The van der Waals surface area contributed by atoms with Gasteiger partial charge in [-0.15, -0.1) is 0 Å². The van der Waals surface area contributed by atoms with Crippen LogP contribution < -0.4 is 5.73 Å². The van der Waals surface area contributed by atoms with Crippen LogP contribution in [-0.4, -0.2) is 14.8 Å². The lowest BCUT2D eigenvalue weighted by molar-refractivity contribution is 0.712. The summed E-state index contributed by atoms with van der Waals surface area (Å²) in [5.74, 6) is 1.23. The molecule has 2 aromatic rings. The van der Waals surface area contributed by atoms with Gasteiger partial charge in [-0.2, -0.15) is 5.10 Å². The van der Waals surface area contributed by atoms with Gasteiger partial charge < -0.3 is 5.73 Å². The summed E-state index contributed by atoms with van der Waals surface area (Å²) in [6.45, 7) is 6.85. The van der Waals surface area contributed by atoms with E-state index in [-0.39, 0.29) is 0 Å². The number of aryl methyl sites for hydroxylation is 1. The van der Waals surface area contributed by atoms with Crippen molar-refractivity contribution in [2.24, 2.45) is 5.73 Å². The number of hydrogen-bond acceptors (Lipinski definition) is 3. The smallest absolute Gasteiger partial charge is 0.153 e. The fraction of sp³-hybridized carbons (Fsp3) is 0.385. The van der Waals surface area contributed by atoms with E-state index >= 15 is 0 Å². The van der Waals surface area contributed by atoms with Gasteiger partial charge in [-0.05, 0) is 30.5 Å². The van der Waals surface area contributed by atoms with Crippen LogP contribution in [0.15, 0.2) is 24.5 Å². The number of pyridine rings is 1. The van der Waals surface area contributed by atoms with Gasteiger partial charge >= 0.3 is 0 Å². The molecule has 0 bridgehead atoms. The average Bonchev–Trinajstić information content (AvgIpc) is 2.72. The summed E-state index contributed by atoms with van der Waals surface area (Å²) < 4.78 is 1.89. The van der Waals surface area contributed by atoms with Gasteiger partial charge in [-0.1, -0.05) is 13.8 Å². The van der Waals surface area contributed by atoms with Crippen LogP contribution in [0.25, 0.3) is 5.82 Å². The molecule has 0 aliphatic rings. The van der Waals surface area contributed by atoms with Crippen LogP contribution in [-0.2, 0) is 6.54 Å². The highest BCUT2D eigenvalue weighted by atomic mass is 15.3. The Morgan fingerprint density at radius 2 is 2.18 bits per heavy atom. The van der Waals surface area contributed by atoms with Crippen LogP contribution in [0.5, 0.6) is 0 Å². The Morgan fingerprint density at radius 3 is 2.76 bits per heavy atom. The number of hydrogen-bond donors (Lipinski definition) is 1. The Hall–Kier alpha value is -1.68. The number of nitrogens with two attached hydrogens (primary N) is 1. The molecule has 0 fully saturated rings. The molecule has 4 heteroatoms. The number of rotatable bonds is 3. The van der Waals surface area contributed by atoms with E-state index < -0.39 is 0 Å². The Labute approximate surface area is 101 Å². The van der Waals surface area contributed by atoms with Crippen LogP contribution in [0, 0.1) is 6.92 Å². The Kier molecular flexibility index (Phi) is 3.24. The van der Waals surface area contributed by atoms with Crippen molar-refractivity contribution >= 4 is 0 Å². The predicted molar refractivity (Wildman–Crippen MR) is 68.1 cm³/mol. The molecule has 0 atom stereocenters. The molecule has 0 amide bonds. The highest BCUT2D eigenvalue weighted by Crippen LogP contribution is 2.21. The minimum Gasteiger partial charge on any atom is -0.326 e. The first-order valence-corrected chi connectivity index (χ1v) is 5.83. The molecular formula is C13H18N4. The van der Waals surface area contributed by atoms with E-state index in [9.17, 15) is 0 Å². The topological polar surface area (TPSA) is 56.7 Å². The van der Waals surface area contributed by atoms with Gasteiger partial charge in [0.2, 0.25) is 0 Å². The third-order valence-corrected chi connectivity index (χ3v) is 2.77. The Balaban J connectivity index is 2.56. The minimum absolute atomic E-state index is 0.373. The summed E-state index contributed by atoms with van der Waals surface area (Å²) in [5.41, 5.74) is 9.14. The maximum atomic E-state index is 5.74. The van der Waals surface area contributed by atoms with Crippen molar-refractivity contribution in [2.75, 3.05) is 0 Å². The molecule has 0 aliphatic heterocycles. The third-order valence-electron chi connectivity index (χ3n) is 2.77. The number of nitrogens with zero attached hydrogens (tertiary/aromatic N) is 3. The summed E-state index contributed by atoms with van der Waals surface area (Å²) in [4.78, 5) is 4.36. The summed E-state index contributed by atoms with van der Waals surface area (Å²) in [7, 11) is 0. The second kappa shape index (κ2) is 4.67. The molecule has 2 rings (SSSR count). The first-order valence-electron chi connectivity index (χ1n) is 5.83. The van der Waals surface area contributed by atoms with Crippen molar-refractivity contribution in [3.05, 3.63) is 41.3 Å². The van der Waals surface area contributed by atoms with Crippen LogP contribution in [0.2, 0.25) is 0 Å². The van der Waals surface area contributed by atoms with E-state index in [1.165, 1.54) is 5.56 Å². The normalized spacial score (nSPS) is 11.1. The molecule has 0 saturated carbocycles. The van der Waals surface area contributed by atoms with Gasteiger partial charge in [0.1, 0.15) is 0 Å². The van der Waals surface area contributed by atoms with Crippen LogP contribution in [0.4, 0.5) is 0 Å². The lowest BCUT2D eigenvalue weighted by atomic mass is 10.1. The third kappa shape index (κ3) is 2.22. The summed E-state index contributed by atoms with van der Waals surface area (Å²) in [6, 6.07) is 4.01. The van der Waals surface area contributed by atoms with Crippen molar-refractivity contribution in [1.29, 1.82) is 0 Å². The van der Waals surface area contributed by atoms with Crippen molar-refractivity contribution in [2.45, 2.75) is 33.2 Å². The monoisotopic (exact) mass is 230 g/mol. The molecule has 0 saturated heterocycles. The molecule has 17 heavy (non-hydrogen) atoms. The van der Waals surface area contributed by atoms with Crippen LogP contribution in [0.3, 0.4) is 0 Å². The second-order valence-electron chi connectivity index (χ2n) is 4.52. The maximum Gasteiger partial charge on any atom is 0.153 e. The van der Waals surface area contributed by atoms with E-state index in [0.717, 1.165) is 17.1 Å². The first-order chi connectivity index (χ1) is 8.13. The van der Waals surface area contributed by atoms with E-state index in [2.05, 4.69) is 23.9 Å². The zero-order valence-electron chi connectivity index (χ0n) is 10.5. The van der Waals surface area contributed by atoms with Crippen molar-refractivity contribution in [3.8, 4) is 5.82 Å². The van der Waals surface area contributed by atoms with Gasteiger partial charge in [0.25, 0.3) is 0 Å². The molecule has 90 valence electrons. The highest BCUT2D eigenvalue weighted by Gasteiger charge is 2.15. The van der Waals surface area contributed by atoms with Gasteiger partial charge in [0.15, 0.2) is 5.82 Å². The summed E-state index contributed by atoms with van der Waals surface area (Å²) in [5, 5.41) is 4.39. The van der Waals surface area contributed by atoms with E-state index in [4.69, 9.17) is 5.73 Å². The molecular weight excluding hydrogens is 212 g/mol. The van der Waals surface area contributed by atoms with Gasteiger partial charge in [0.05, 0.1) is 11.9 Å². The van der Waals surface area contributed by atoms with Crippen molar-refractivity contribution in [3.63, 3.8) is 0 Å². The molecule has 0 spiro atoms. The van der Waals surface area contributed by atoms with Crippen LogP contribution in [0.1, 0.15) is 36.6 Å². The van der Waals surface area contributed by atoms with Gasteiger partial charge in [0, 0.05) is 18.3 Å². The molecule has 0 unspecified atom stereocenters. The lowest BCUT2D eigenvalue weighted by Crippen LogP contribution is -2.09. The Bertz CT molecular complexity index is 514. The van der Waals surface area contributed by atoms with Crippen molar-refractivity contribution < 1.29 is 0 Å². The quantitative estimate of drug-likeness (QED) is 0.879. The van der Waals surface area contributed by atoms with Crippen molar-refractivity contribution in [1.82, 2.24) is 14.8 Å². The average molecular weight is 230 g/mol. The standard InChI is InChI=1S/C13H18N4/c1-9(2)13-11(7-14)8-16-17(13)12-6-10(3)4-5-15-12/h4-6,8-9H,7,14H2,1-3H3. The zero-order valence-corrected chi connectivity index (χ0v) is 10.5. The largest absolute Gasteiger partial charge is 0.326 e. The fourth-order valence-electron chi connectivity index (χ4n) is 1.98. The highest BCUT2D eigenvalue weighted by molar-refractivity contribution is 5.32. The summed E-state index contributed by atoms with van der Waals surface area (Å²) >= 11 is 0. The predicted octanol–water partition coefficient (Wildman–Crippen LogP) is 2.16. The summed E-state index contributed by atoms with van der Waals surface area (Å²) in [6.07, 6.45) is 3.64. The van der Waals surface area contributed by atoms with Crippen LogP contribution >= 0.6 is 0 Å². The molecule has 0 radical (unpaired) electrons. The van der Waals surface area contributed by atoms with Gasteiger partial charge in [-0.3, -0.25) is 0 Å². The minimum atomic E-state index is 0.373. The first kappa shape index (κ1) is 11.8. The SMILES string of the molecule is Cc1ccnc(-n2ncc(CN)c2C(C)C)c1. The molecule has 2 N–H and O–H groups in total. The van der Waals surface area contributed by atoms with Gasteiger partial charge in [-0.25, -0.2) is 9.67 Å². The fourth-order valence-corrected chi connectivity index (χ4v) is 1.98. The molecule has 2 aromatic heterocycles. The van der Waals surface area contributed by atoms with E-state index in [0.29, 0.717) is 12.5 Å². The second-order valence-corrected chi connectivity index (χ2v) is 4.52. The molecule has 0 aliphatic carbocycles. The molecule has 4 nitrogen and oxygen atoms in total. The Morgan fingerprint density at radius 1 is 1.41 bits per heavy atom.